The number of carbonyl (C=O) groups excluding carboxylic acids is 1. The summed E-state index contributed by atoms with van der Waals surface area (Å²) in [5.74, 6) is -1.74. The first-order valence-corrected chi connectivity index (χ1v) is 7.37. The first kappa shape index (κ1) is 14.4. The standard InChI is InChI=1S/C17H11F2NOS/c18-12-6-7-13(19)14(10-12)20-17(21)16-9-8-15(22-16)11-4-2-1-3-5-11/h1-10H,(H,20,21). The summed E-state index contributed by atoms with van der Waals surface area (Å²) in [6, 6.07) is 16.1. The minimum Gasteiger partial charge on any atom is -0.319 e. The predicted molar refractivity (Wildman–Crippen MR) is 84.1 cm³/mol. The zero-order valence-corrected chi connectivity index (χ0v) is 12.2. The molecule has 0 bridgehead atoms. The van der Waals surface area contributed by atoms with Gasteiger partial charge in [-0.3, -0.25) is 4.79 Å². The molecule has 0 unspecified atom stereocenters. The second-order valence-electron chi connectivity index (χ2n) is 4.61. The summed E-state index contributed by atoms with van der Waals surface area (Å²) in [4.78, 5) is 13.5. The SMILES string of the molecule is O=C(Nc1cc(F)ccc1F)c1ccc(-c2ccccc2)s1. The van der Waals surface area contributed by atoms with Gasteiger partial charge in [-0.2, -0.15) is 0 Å². The maximum absolute atomic E-state index is 13.5. The normalized spacial score (nSPS) is 10.5. The van der Waals surface area contributed by atoms with Crippen molar-refractivity contribution in [2.45, 2.75) is 0 Å². The smallest absolute Gasteiger partial charge is 0.265 e. The fourth-order valence-corrected chi connectivity index (χ4v) is 2.90. The number of hydrogen-bond acceptors (Lipinski definition) is 2. The Hall–Kier alpha value is -2.53. The number of anilines is 1. The highest BCUT2D eigenvalue weighted by molar-refractivity contribution is 7.17. The Kier molecular flexibility index (Phi) is 3.98. The van der Waals surface area contributed by atoms with Crippen LogP contribution in [0.5, 0.6) is 0 Å². The van der Waals surface area contributed by atoms with Crippen LogP contribution in [0.2, 0.25) is 0 Å². The van der Waals surface area contributed by atoms with Crippen LogP contribution in [-0.4, -0.2) is 5.91 Å². The molecule has 5 heteroatoms. The van der Waals surface area contributed by atoms with Gasteiger partial charge in [0.1, 0.15) is 11.6 Å². The minimum absolute atomic E-state index is 0.167. The lowest BCUT2D eigenvalue weighted by Crippen LogP contribution is -2.11. The largest absolute Gasteiger partial charge is 0.319 e. The first-order chi connectivity index (χ1) is 10.6. The molecule has 0 fully saturated rings. The zero-order valence-electron chi connectivity index (χ0n) is 11.3. The molecular weight excluding hydrogens is 304 g/mol. The Morgan fingerprint density at radius 2 is 1.73 bits per heavy atom. The molecule has 2 aromatic carbocycles. The van der Waals surface area contributed by atoms with Crippen LogP contribution in [-0.2, 0) is 0 Å². The van der Waals surface area contributed by atoms with Crippen molar-refractivity contribution in [2.24, 2.45) is 0 Å². The van der Waals surface area contributed by atoms with E-state index in [0.717, 1.165) is 28.6 Å². The number of hydrogen-bond donors (Lipinski definition) is 1. The molecule has 1 aromatic heterocycles. The maximum atomic E-state index is 13.5. The highest BCUT2D eigenvalue weighted by atomic mass is 32.1. The van der Waals surface area contributed by atoms with E-state index in [-0.39, 0.29) is 5.69 Å². The number of amides is 1. The molecule has 0 spiro atoms. The number of nitrogens with one attached hydrogen (secondary N) is 1. The van der Waals surface area contributed by atoms with Gasteiger partial charge >= 0.3 is 0 Å². The van der Waals surface area contributed by atoms with Crippen LogP contribution in [0.3, 0.4) is 0 Å². The molecule has 0 aliphatic carbocycles. The average Bonchev–Trinajstić information content (AvgIpc) is 3.02. The van der Waals surface area contributed by atoms with Crippen molar-refractivity contribution < 1.29 is 13.6 Å². The van der Waals surface area contributed by atoms with Crippen molar-refractivity contribution in [1.29, 1.82) is 0 Å². The van der Waals surface area contributed by atoms with Crippen molar-refractivity contribution in [1.82, 2.24) is 0 Å². The van der Waals surface area contributed by atoms with Crippen LogP contribution >= 0.6 is 11.3 Å². The molecule has 1 amide bonds. The van der Waals surface area contributed by atoms with Gasteiger partial charge in [0, 0.05) is 10.9 Å². The predicted octanol–water partition coefficient (Wildman–Crippen LogP) is 4.95. The van der Waals surface area contributed by atoms with Crippen LogP contribution in [0.25, 0.3) is 10.4 Å². The van der Waals surface area contributed by atoms with E-state index in [1.54, 1.807) is 6.07 Å². The van der Waals surface area contributed by atoms with Crippen molar-refractivity contribution in [3.63, 3.8) is 0 Å². The number of benzene rings is 2. The van der Waals surface area contributed by atoms with E-state index < -0.39 is 17.5 Å². The Morgan fingerprint density at radius 3 is 2.50 bits per heavy atom. The summed E-state index contributed by atoms with van der Waals surface area (Å²) in [6.07, 6.45) is 0. The Morgan fingerprint density at radius 1 is 0.955 bits per heavy atom. The quantitative estimate of drug-likeness (QED) is 0.728. The van der Waals surface area contributed by atoms with Crippen molar-refractivity contribution >= 4 is 22.9 Å². The van der Waals surface area contributed by atoms with Crippen molar-refractivity contribution in [3.05, 3.63) is 77.2 Å². The Balaban J connectivity index is 1.81. The van der Waals surface area contributed by atoms with Gasteiger partial charge < -0.3 is 5.32 Å². The topological polar surface area (TPSA) is 29.1 Å². The van der Waals surface area contributed by atoms with Crippen LogP contribution in [0.15, 0.2) is 60.7 Å². The third-order valence-corrected chi connectivity index (χ3v) is 4.20. The molecule has 22 heavy (non-hydrogen) atoms. The van der Waals surface area contributed by atoms with E-state index in [1.165, 1.54) is 11.3 Å². The van der Waals surface area contributed by atoms with Gasteiger partial charge in [0.25, 0.3) is 5.91 Å². The van der Waals surface area contributed by atoms with Gasteiger partial charge in [-0.15, -0.1) is 11.3 Å². The number of halogens is 2. The average molecular weight is 315 g/mol. The zero-order chi connectivity index (χ0) is 15.5. The van der Waals surface area contributed by atoms with Crippen LogP contribution < -0.4 is 5.32 Å². The monoisotopic (exact) mass is 315 g/mol. The van der Waals surface area contributed by atoms with Crippen molar-refractivity contribution in [3.8, 4) is 10.4 Å². The molecule has 0 saturated carbocycles. The lowest BCUT2D eigenvalue weighted by atomic mass is 10.2. The van der Waals surface area contributed by atoms with Gasteiger partial charge in [0.2, 0.25) is 0 Å². The highest BCUT2D eigenvalue weighted by Gasteiger charge is 2.13. The Labute approximate surface area is 130 Å². The third-order valence-electron chi connectivity index (χ3n) is 3.06. The number of carbonyl (C=O) groups is 1. The Bertz CT molecular complexity index is 815. The second kappa shape index (κ2) is 6.07. The fourth-order valence-electron chi connectivity index (χ4n) is 1.99. The molecule has 0 saturated heterocycles. The molecule has 0 aliphatic rings. The molecule has 0 atom stereocenters. The molecule has 3 rings (SSSR count). The van der Waals surface area contributed by atoms with Gasteiger partial charge in [-0.25, -0.2) is 8.78 Å². The van der Waals surface area contributed by atoms with Crippen molar-refractivity contribution in [2.75, 3.05) is 5.32 Å². The molecular formula is C17H11F2NOS. The summed E-state index contributed by atoms with van der Waals surface area (Å²) >= 11 is 1.30. The molecule has 0 aliphatic heterocycles. The number of rotatable bonds is 3. The van der Waals surface area contributed by atoms with E-state index in [2.05, 4.69) is 5.32 Å². The van der Waals surface area contributed by atoms with E-state index in [4.69, 9.17) is 0 Å². The van der Waals surface area contributed by atoms with Gasteiger partial charge in [0.15, 0.2) is 0 Å². The van der Waals surface area contributed by atoms with Crippen LogP contribution in [0.1, 0.15) is 9.67 Å². The molecule has 2 nitrogen and oxygen atoms in total. The first-order valence-electron chi connectivity index (χ1n) is 6.55. The molecule has 110 valence electrons. The summed E-state index contributed by atoms with van der Waals surface area (Å²) in [7, 11) is 0. The highest BCUT2D eigenvalue weighted by Crippen LogP contribution is 2.28. The lowest BCUT2D eigenvalue weighted by molar-refractivity contribution is 0.103. The maximum Gasteiger partial charge on any atom is 0.265 e. The summed E-state index contributed by atoms with van der Waals surface area (Å²) in [5, 5.41) is 2.39. The number of thiophene rings is 1. The second-order valence-corrected chi connectivity index (χ2v) is 5.69. The van der Waals surface area contributed by atoms with Gasteiger partial charge in [-0.05, 0) is 29.8 Å². The summed E-state index contributed by atoms with van der Waals surface area (Å²) in [6.45, 7) is 0. The fraction of sp³-hybridized carbons (Fsp3) is 0. The summed E-state index contributed by atoms with van der Waals surface area (Å²) in [5.41, 5.74) is 0.836. The van der Waals surface area contributed by atoms with E-state index in [0.29, 0.717) is 4.88 Å². The van der Waals surface area contributed by atoms with E-state index >= 15 is 0 Å². The van der Waals surface area contributed by atoms with Gasteiger partial charge in [-0.1, -0.05) is 30.3 Å². The van der Waals surface area contributed by atoms with E-state index in [1.807, 2.05) is 36.4 Å². The van der Waals surface area contributed by atoms with Crippen LogP contribution in [0, 0.1) is 11.6 Å². The molecule has 1 N–H and O–H groups in total. The molecule has 1 heterocycles. The van der Waals surface area contributed by atoms with Crippen LogP contribution in [0.4, 0.5) is 14.5 Å². The molecule has 0 radical (unpaired) electrons. The third kappa shape index (κ3) is 3.04. The lowest BCUT2D eigenvalue weighted by Gasteiger charge is -2.04. The summed E-state index contributed by atoms with van der Waals surface area (Å²) < 4.78 is 26.6. The minimum atomic E-state index is -0.672. The van der Waals surface area contributed by atoms with Gasteiger partial charge in [0.05, 0.1) is 10.6 Å². The van der Waals surface area contributed by atoms with E-state index in [9.17, 15) is 13.6 Å². The molecule has 3 aromatic rings.